The lowest BCUT2D eigenvalue weighted by Gasteiger charge is -2.30. The molecule has 1 aliphatic carbocycles. The van der Waals surface area contributed by atoms with Crippen LogP contribution in [-0.4, -0.2) is 89.6 Å². The molecule has 35 heavy (non-hydrogen) atoms. The lowest BCUT2D eigenvalue weighted by Crippen LogP contribution is -2.57. The van der Waals surface area contributed by atoms with Gasteiger partial charge < -0.3 is 34.9 Å². The molecule has 1 saturated carbocycles. The van der Waals surface area contributed by atoms with E-state index in [4.69, 9.17) is 14.2 Å². The summed E-state index contributed by atoms with van der Waals surface area (Å²) in [6.45, 7) is 7.52. The first kappa shape index (κ1) is 26.9. The Morgan fingerprint density at radius 3 is 2.74 bits per heavy atom. The third-order valence-electron chi connectivity index (χ3n) is 6.20. The van der Waals surface area contributed by atoms with Crippen LogP contribution in [0.2, 0.25) is 0 Å². The fourth-order valence-corrected chi connectivity index (χ4v) is 4.44. The van der Waals surface area contributed by atoms with E-state index in [-0.39, 0.29) is 38.5 Å². The van der Waals surface area contributed by atoms with E-state index < -0.39 is 53.2 Å². The molecular formula is C24H37N3O8. The van der Waals surface area contributed by atoms with Crippen molar-refractivity contribution in [3.05, 3.63) is 12.2 Å². The second-order valence-corrected chi connectivity index (χ2v) is 10.2. The Morgan fingerprint density at radius 2 is 2.06 bits per heavy atom. The number of alkyl carbamates (subject to hydrolysis) is 1. The van der Waals surface area contributed by atoms with E-state index >= 15 is 0 Å². The lowest BCUT2D eigenvalue weighted by molar-refractivity contribution is -0.150. The Bertz CT molecular complexity index is 854. The van der Waals surface area contributed by atoms with Crippen LogP contribution in [0.5, 0.6) is 0 Å². The Balaban J connectivity index is 1.84. The Hall–Kier alpha value is -2.66. The van der Waals surface area contributed by atoms with E-state index in [9.17, 15) is 24.3 Å². The van der Waals surface area contributed by atoms with Gasteiger partial charge in [-0.05, 0) is 40.5 Å². The normalized spacial score (nSPS) is 32.8. The smallest absolute Gasteiger partial charge is 0.408 e. The van der Waals surface area contributed by atoms with Gasteiger partial charge in [-0.25, -0.2) is 9.59 Å². The first-order chi connectivity index (χ1) is 16.5. The molecule has 3 aliphatic rings. The third kappa shape index (κ3) is 6.72. The van der Waals surface area contributed by atoms with Gasteiger partial charge in [0.15, 0.2) is 0 Å². The molecule has 0 spiro atoms. The van der Waals surface area contributed by atoms with Crippen molar-refractivity contribution in [2.24, 2.45) is 5.92 Å². The second-order valence-electron chi connectivity index (χ2n) is 10.2. The number of esters is 1. The summed E-state index contributed by atoms with van der Waals surface area (Å²) in [6.07, 6.45) is 3.25. The minimum Gasteiger partial charge on any atom is -0.464 e. The summed E-state index contributed by atoms with van der Waals surface area (Å²) < 4.78 is 16.2. The minimum atomic E-state index is -1.19. The molecule has 3 amide bonds. The number of rotatable bonds is 3. The third-order valence-corrected chi connectivity index (χ3v) is 6.20. The maximum Gasteiger partial charge on any atom is 0.408 e. The monoisotopic (exact) mass is 495 g/mol. The van der Waals surface area contributed by atoms with Crippen LogP contribution < -0.4 is 10.6 Å². The van der Waals surface area contributed by atoms with Gasteiger partial charge in [0.25, 0.3) is 0 Å². The van der Waals surface area contributed by atoms with Gasteiger partial charge in [-0.15, -0.1) is 0 Å². The summed E-state index contributed by atoms with van der Waals surface area (Å²) >= 11 is 0. The van der Waals surface area contributed by atoms with Crippen molar-refractivity contribution in [3.8, 4) is 0 Å². The molecule has 0 bridgehead atoms. The van der Waals surface area contributed by atoms with Crippen molar-refractivity contribution in [2.45, 2.75) is 82.7 Å². The van der Waals surface area contributed by atoms with Crippen molar-refractivity contribution >= 4 is 23.9 Å². The highest BCUT2D eigenvalue weighted by Gasteiger charge is 2.62. The molecule has 2 fully saturated rings. The van der Waals surface area contributed by atoms with Gasteiger partial charge in [0.1, 0.15) is 23.2 Å². The maximum absolute atomic E-state index is 13.5. The SMILES string of the molecule is CCOC(=O)[C@@]12C[C@H]1/C=C\CCOCC[C@H](NC(=O)OC(C)(C)C)C(=O)N1C[C@H](O)CC1C(=O)N2. The minimum absolute atomic E-state index is 0.0205. The number of fused-ring (bicyclic) bond motifs is 2. The van der Waals surface area contributed by atoms with Crippen LogP contribution in [-0.2, 0) is 28.6 Å². The maximum atomic E-state index is 13.5. The highest BCUT2D eigenvalue weighted by molar-refractivity contribution is 5.96. The molecule has 3 N–H and O–H groups in total. The second kappa shape index (κ2) is 10.9. The Labute approximate surface area is 205 Å². The highest BCUT2D eigenvalue weighted by Crippen LogP contribution is 2.46. The number of nitrogens with zero attached hydrogens (tertiary/aromatic N) is 1. The summed E-state index contributed by atoms with van der Waals surface area (Å²) in [7, 11) is 0. The molecule has 11 heteroatoms. The molecule has 5 atom stereocenters. The fraction of sp³-hybridized carbons (Fsp3) is 0.750. The van der Waals surface area contributed by atoms with E-state index in [1.165, 1.54) is 4.90 Å². The zero-order chi connectivity index (χ0) is 25.8. The van der Waals surface area contributed by atoms with Gasteiger partial charge >= 0.3 is 12.1 Å². The number of aliphatic hydroxyl groups excluding tert-OH is 1. The standard InChI is InChI=1S/C24H37N3O8/c1-5-34-21(31)24-13-15(24)8-6-7-10-33-11-9-17(25-22(32)35-23(2,3)4)20(30)27-14-16(28)12-18(27)19(29)26-24/h6,8,15-18,28H,5,7,9-14H2,1-4H3,(H,25,32)(H,26,29)/b8-6-/t15-,16-,17+,18?,24-/m1/s1. The summed E-state index contributed by atoms with van der Waals surface area (Å²) in [6, 6.07) is -2.01. The number of ether oxygens (including phenoxy) is 3. The summed E-state index contributed by atoms with van der Waals surface area (Å²) in [5.41, 5.74) is -1.95. The molecule has 2 aliphatic heterocycles. The summed E-state index contributed by atoms with van der Waals surface area (Å²) in [5, 5.41) is 15.7. The average molecular weight is 496 g/mol. The molecule has 11 nitrogen and oxygen atoms in total. The quantitative estimate of drug-likeness (QED) is 0.382. The molecule has 1 saturated heterocycles. The van der Waals surface area contributed by atoms with Crippen molar-refractivity contribution in [1.29, 1.82) is 0 Å². The molecular weight excluding hydrogens is 458 g/mol. The molecule has 196 valence electrons. The topological polar surface area (TPSA) is 144 Å². The molecule has 1 unspecified atom stereocenters. The van der Waals surface area contributed by atoms with Crippen molar-refractivity contribution in [3.63, 3.8) is 0 Å². The van der Waals surface area contributed by atoms with E-state index in [0.717, 1.165) is 0 Å². The van der Waals surface area contributed by atoms with Crippen molar-refractivity contribution < 1.29 is 38.5 Å². The van der Waals surface area contributed by atoms with Crippen LogP contribution in [0.3, 0.4) is 0 Å². The van der Waals surface area contributed by atoms with Crippen LogP contribution >= 0.6 is 0 Å². The van der Waals surface area contributed by atoms with E-state index in [2.05, 4.69) is 10.6 Å². The number of carbonyl (C=O) groups is 4. The number of carbonyl (C=O) groups excluding carboxylic acids is 4. The Morgan fingerprint density at radius 1 is 1.31 bits per heavy atom. The van der Waals surface area contributed by atoms with Crippen LogP contribution in [0.15, 0.2) is 12.2 Å². The van der Waals surface area contributed by atoms with Crippen LogP contribution in [0.4, 0.5) is 4.79 Å². The van der Waals surface area contributed by atoms with Crippen molar-refractivity contribution in [2.75, 3.05) is 26.4 Å². The fourth-order valence-electron chi connectivity index (χ4n) is 4.44. The van der Waals surface area contributed by atoms with Gasteiger partial charge in [-0.1, -0.05) is 12.2 Å². The van der Waals surface area contributed by atoms with Gasteiger partial charge in [0, 0.05) is 31.9 Å². The number of amides is 3. The molecule has 0 aromatic heterocycles. The Kier molecular flexibility index (Phi) is 8.42. The lowest BCUT2D eigenvalue weighted by atomic mass is 10.1. The van der Waals surface area contributed by atoms with Gasteiger partial charge in [0.05, 0.1) is 19.3 Å². The van der Waals surface area contributed by atoms with Gasteiger partial charge in [-0.3, -0.25) is 9.59 Å². The molecule has 0 radical (unpaired) electrons. The van der Waals surface area contributed by atoms with Crippen LogP contribution in [0.25, 0.3) is 0 Å². The molecule has 0 aromatic carbocycles. The van der Waals surface area contributed by atoms with E-state index in [1.807, 2.05) is 12.2 Å². The first-order valence-corrected chi connectivity index (χ1v) is 12.2. The van der Waals surface area contributed by atoms with Gasteiger partial charge in [-0.2, -0.15) is 0 Å². The highest BCUT2D eigenvalue weighted by atomic mass is 16.6. The van der Waals surface area contributed by atoms with E-state index in [0.29, 0.717) is 19.4 Å². The first-order valence-electron chi connectivity index (χ1n) is 12.2. The number of aliphatic hydroxyl groups is 1. The average Bonchev–Trinajstić information content (AvgIpc) is 3.30. The zero-order valence-corrected chi connectivity index (χ0v) is 20.9. The zero-order valence-electron chi connectivity index (χ0n) is 20.9. The molecule has 3 rings (SSSR count). The number of nitrogens with one attached hydrogen (secondary N) is 2. The van der Waals surface area contributed by atoms with Gasteiger partial charge in [0.2, 0.25) is 11.8 Å². The molecule has 2 heterocycles. The molecule has 0 aromatic rings. The predicted octanol–water partition coefficient (Wildman–Crippen LogP) is 0.646. The number of hydrogen-bond acceptors (Lipinski definition) is 8. The predicted molar refractivity (Wildman–Crippen MR) is 124 cm³/mol. The number of hydrogen-bond donors (Lipinski definition) is 3. The largest absolute Gasteiger partial charge is 0.464 e. The van der Waals surface area contributed by atoms with Crippen LogP contribution in [0.1, 0.15) is 53.4 Å². The van der Waals surface area contributed by atoms with Crippen LogP contribution in [0, 0.1) is 5.92 Å². The van der Waals surface area contributed by atoms with E-state index in [1.54, 1.807) is 27.7 Å². The summed E-state index contributed by atoms with van der Waals surface area (Å²) in [5.74, 6) is -1.82. The van der Waals surface area contributed by atoms with Crippen molar-refractivity contribution in [1.82, 2.24) is 15.5 Å². The summed E-state index contributed by atoms with van der Waals surface area (Å²) in [4.78, 5) is 53.2.